The van der Waals surface area contributed by atoms with Gasteiger partial charge in [-0.1, -0.05) is 30.3 Å². The molecule has 0 aromatic heterocycles. The summed E-state index contributed by atoms with van der Waals surface area (Å²) in [6.45, 7) is 0.246. The molecule has 66 valence electrons. The van der Waals surface area contributed by atoms with Gasteiger partial charge in [0.15, 0.2) is 0 Å². The fraction of sp³-hybridized carbons (Fsp3) is 0.125. The van der Waals surface area contributed by atoms with Crippen LogP contribution in [0.2, 0.25) is 0 Å². The zero-order valence-electron chi connectivity index (χ0n) is 6.69. The maximum absolute atomic E-state index is 10.2. The highest BCUT2D eigenvalue weighted by molar-refractivity contribution is 5.64. The number of hydrogen-bond acceptors (Lipinski definition) is 3. The second kappa shape index (κ2) is 5.15. The lowest BCUT2D eigenvalue weighted by molar-refractivity contribution is 0.150. The van der Waals surface area contributed by atoms with E-state index in [1.165, 1.54) is 0 Å². The van der Waals surface area contributed by atoms with E-state index in [1.54, 1.807) is 0 Å². The Morgan fingerprint density at radius 1 is 1.33 bits per heavy atom. The largest absolute Gasteiger partial charge is 0.445 e. The topological polar surface area (TPSA) is 87.3 Å². The van der Waals surface area contributed by atoms with Crippen molar-refractivity contribution in [2.24, 2.45) is 5.73 Å². The van der Waals surface area contributed by atoms with E-state index in [0.29, 0.717) is 0 Å². The van der Waals surface area contributed by atoms with Gasteiger partial charge in [0.05, 0.1) is 0 Å². The van der Waals surface area contributed by atoms with Crippen molar-refractivity contribution in [3.63, 3.8) is 0 Å². The molecule has 0 aliphatic heterocycles. The lowest BCUT2D eigenvalue weighted by Crippen LogP contribution is -2.12. The first-order valence-corrected chi connectivity index (χ1v) is 3.25. The number of primary amides is 1. The summed E-state index contributed by atoms with van der Waals surface area (Å²) < 4.78 is 4.57. The quantitative estimate of drug-likeness (QED) is 0.700. The van der Waals surface area contributed by atoms with Gasteiger partial charge in [-0.3, -0.25) is 0 Å². The SMILES string of the molecule is N.NC(=O)OCc1ccccc1. The lowest BCUT2D eigenvalue weighted by Gasteiger charge is -1.99. The average Bonchev–Trinajstić information content (AvgIpc) is 2.03. The van der Waals surface area contributed by atoms with Crippen LogP contribution in [-0.4, -0.2) is 6.09 Å². The fourth-order valence-corrected chi connectivity index (χ4v) is 0.729. The number of hydrogen-bond donors (Lipinski definition) is 2. The van der Waals surface area contributed by atoms with Crippen molar-refractivity contribution in [3.05, 3.63) is 35.9 Å². The molecule has 0 fully saturated rings. The fourth-order valence-electron chi connectivity index (χ4n) is 0.729. The first-order chi connectivity index (χ1) is 5.29. The van der Waals surface area contributed by atoms with Crippen LogP contribution in [-0.2, 0) is 11.3 Å². The molecule has 4 nitrogen and oxygen atoms in total. The van der Waals surface area contributed by atoms with Gasteiger partial charge in [0.25, 0.3) is 0 Å². The number of rotatable bonds is 2. The maximum atomic E-state index is 10.2. The van der Waals surface area contributed by atoms with Crippen LogP contribution in [0.1, 0.15) is 5.56 Å². The van der Waals surface area contributed by atoms with Crippen LogP contribution in [0.3, 0.4) is 0 Å². The molecule has 0 aliphatic carbocycles. The van der Waals surface area contributed by atoms with Crippen molar-refractivity contribution >= 4 is 6.09 Å². The Labute approximate surface area is 70.9 Å². The number of amides is 1. The summed E-state index contributed by atoms with van der Waals surface area (Å²) in [6.07, 6.45) is -0.742. The van der Waals surface area contributed by atoms with E-state index in [0.717, 1.165) is 5.56 Å². The molecule has 0 heterocycles. The lowest BCUT2D eigenvalue weighted by atomic mass is 10.2. The summed E-state index contributed by atoms with van der Waals surface area (Å²) in [5, 5.41) is 0. The molecule has 0 saturated heterocycles. The zero-order chi connectivity index (χ0) is 8.10. The van der Waals surface area contributed by atoms with Gasteiger partial charge in [0.1, 0.15) is 6.61 Å². The van der Waals surface area contributed by atoms with Crippen LogP contribution in [0.4, 0.5) is 4.79 Å². The highest BCUT2D eigenvalue weighted by Gasteiger charge is 1.93. The minimum Gasteiger partial charge on any atom is -0.445 e. The number of carbonyl (C=O) groups is 1. The third kappa shape index (κ3) is 3.58. The summed E-state index contributed by atoms with van der Waals surface area (Å²) in [5.41, 5.74) is 5.72. The Hall–Kier alpha value is -1.55. The Balaban J connectivity index is 0.00000121. The maximum Gasteiger partial charge on any atom is 0.404 e. The summed E-state index contributed by atoms with van der Waals surface area (Å²) in [6, 6.07) is 9.37. The third-order valence-electron chi connectivity index (χ3n) is 1.22. The van der Waals surface area contributed by atoms with Crippen molar-refractivity contribution in [2.45, 2.75) is 6.61 Å². The van der Waals surface area contributed by atoms with E-state index >= 15 is 0 Å². The number of benzene rings is 1. The van der Waals surface area contributed by atoms with Gasteiger partial charge in [-0.05, 0) is 5.56 Å². The van der Waals surface area contributed by atoms with E-state index in [-0.39, 0.29) is 12.8 Å². The normalized spacial score (nSPS) is 8.33. The van der Waals surface area contributed by atoms with Gasteiger partial charge in [0.2, 0.25) is 0 Å². The first-order valence-electron chi connectivity index (χ1n) is 3.25. The van der Waals surface area contributed by atoms with Crippen LogP contribution in [0.5, 0.6) is 0 Å². The van der Waals surface area contributed by atoms with E-state index in [4.69, 9.17) is 5.73 Å². The standard InChI is InChI=1S/C8H9NO2.H3N/c9-8(10)11-6-7-4-2-1-3-5-7;/h1-5H,6H2,(H2,9,10);1H3. The molecule has 0 atom stereocenters. The van der Waals surface area contributed by atoms with Crippen LogP contribution in [0, 0.1) is 0 Å². The van der Waals surface area contributed by atoms with Gasteiger partial charge in [-0.25, -0.2) is 4.79 Å². The number of ether oxygens (including phenoxy) is 1. The summed E-state index contributed by atoms with van der Waals surface area (Å²) in [7, 11) is 0. The summed E-state index contributed by atoms with van der Waals surface area (Å²) >= 11 is 0. The van der Waals surface area contributed by atoms with Crippen LogP contribution in [0.15, 0.2) is 30.3 Å². The summed E-state index contributed by atoms with van der Waals surface area (Å²) in [4.78, 5) is 10.2. The molecule has 1 aromatic carbocycles. The van der Waals surface area contributed by atoms with Gasteiger partial charge in [-0.2, -0.15) is 0 Å². The Kier molecular flexibility index (Phi) is 4.48. The molecule has 0 bridgehead atoms. The minimum atomic E-state index is -0.742. The van der Waals surface area contributed by atoms with Gasteiger partial charge >= 0.3 is 6.09 Å². The average molecular weight is 168 g/mol. The van der Waals surface area contributed by atoms with Gasteiger partial charge in [0, 0.05) is 0 Å². The molecule has 0 radical (unpaired) electrons. The molecule has 0 unspecified atom stereocenters. The monoisotopic (exact) mass is 168 g/mol. The second-order valence-corrected chi connectivity index (χ2v) is 2.09. The Bertz CT molecular complexity index is 236. The highest BCUT2D eigenvalue weighted by Crippen LogP contribution is 1.99. The van der Waals surface area contributed by atoms with Crippen LogP contribution in [0.25, 0.3) is 0 Å². The summed E-state index contributed by atoms with van der Waals surface area (Å²) in [5.74, 6) is 0. The molecule has 5 N–H and O–H groups in total. The van der Waals surface area contributed by atoms with Crippen LogP contribution >= 0.6 is 0 Å². The second-order valence-electron chi connectivity index (χ2n) is 2.09. The minimum absolute atomic E-state index is 0. The van der Waals surface area contributed by atoms with Gasteiger partial charge < -0.3 is 16.6 Å². The smallest absolute Gasteiger partial charge is 0.404 e. The third-order valence-corrected chi connectivity index (χ3v) is 1.22. The molecule has 1 aromatic rings. The van der Waals surface area contributed by atoms with E-state index in [1.807, 2.05) is 30.3 Å². The zero-order valence-corrected chi connectivity index (χ0v) is 6.69. The van der Waals surface area contributed by atoms with Crippen molar-refractivity contribution in [3.8, 4) is 0 Å². The molecule has 4 heteroatoms. The molecular weight excluding hydrogens is 156 g/mol. The molecule has 1 amide bonds. The first kappa shape index (κ1) is 10.4. The molecular formula is C8H12N2O2. The van der Waals surface area contributed by atoms with Crippen molar-refractivity contribution in [1.29, 1.82) is 0 Å². The number of nitrogens with two attached hydrogens (primary N) is 1. The van der Waals surface area contributed by atoms with E-state index in [9.17, 15) is 4.79 Å². The highest BCUT2D eigenvalue weighted by atomic mass is 16.5. The Morgan fingerprint density at radius 3 is 2.42 bits per heavy atom. The number of carbonyl (C=O) groups excluding carboxylic acids is 1. The molecule has 0 spiro atoms. The van der Waals surface area contributed by atoms with Crippen molar-refractivity contribution in [2.75, 3.05) is 0 Å². The Morgan fingerprint density at radius 2 is 1.92 bits per heavy atom. The van der Waals surface area contributed by atoms with E-state index in [2.05, 4.69) is 4.74 Å². The van der Waals surface area contributed by atoms with Crippen LogP contribution < -0.4 is 11.9 Å². The molecule has 1 rings (SSSR count). The molecule has 12 heavy (non-hydrogen) atoms. The predicted molar refractivity (Wildman–Crippen MR) is 45.8 cm³/mol. The molecule has 0 aliphatic rings. The van der Waals surface area contributed by atoms with E-state index < -0.39 is 6.09 Å². The van der Waals surface area contributed by atoms with Crippen molar-refractivity contribution < 1.29 is 9.53 Å². The predicted octanol–water partition coefficient (Wildman–Crippen LogP) is 1.44. The van der Waals surface area contributed by atoms with Gasteiger partial charge in [-0.15, -0.1) is 0 Å². The van der Waals surface area contributed by atoms with Crippen molar-refractivity contribution in [1.82, 2.24) is 6.15 Å². The molecule has 0 saturated carbocycles.